The fraction of sp³-hybridized carbons (Fsp3) is 0.750. The molecule has 0 aromatic heterocycles. The van der Waals surface area contributed by atoms with Gasteiger partial charge in [-0.2, -0.15) is 0 Å². The fourth-order valence-corrected chi connectivity index (χ4v) is 4.70. The number of carboxylic acid groups (broad SMARTS) is 1. The van der Waals surface area contributed by atoms with E-state index in [1.807, 2.05) is 0 Å². The summed E-state index contributed by atoms with van der Waals surface area (Å²) in [6.07, 6.45) is 37.0. The number of hydrogen-bond donors (Lipinski definition) is 2. The van der Waals surface area contributed by atoms with Crippen LogP contribution in [0.1, 0.15) is 162 Å². The normalized spacial score (nSPS) is 12.4. The predicted octanol–water partition coefficient (Wildman–Crippen LogP) is 9.78. The topological polar surface area (TPSA) is 92.7 Å². The predicted molar refractivity (Wildman–Crippen MR) is 175 cm³/mol. The van der Waals surface area contributed by atoms with E-state index in [9.17, 15) is 14.4 Å². The number of ether oxygens (including phenoxy) is 1. The largest absolute Gasteiger partial charge is 0.480 e. The Labute approximate surface area is 257 Å². The average Bonchev–Trinajstić information content (AvgIpc) is 2.97. The summed E-state index contributed by atoms with van der Waals surface area (Å²) in [4.78, 5) is 34.6. The third-order valence-corrected chi connectivity index (χ3v) is 7.25. The highest BCUT2D eigenvalue weighted by Crippen LogP contribution is 2.15. The third kappa shape index (κ3) is 30.6. The summed E-state index contributed by atoms with van der Waals surface area (Å²) in [6.45, 7) is 4.12. The highest BCUT2D eigenvalue weighted by atomic mass is 16.5. The van der Waals surface area contributed by atoms with E-state index in [2.05, 4.69) is 55.6 Å². The number of unbranched alkanes of at least 4 members (excludes halogenated alkanes) is 15. The van der Waals surface area contributed by atoms with Crippen LogP contribution in [0.15, 0.2) is 36.5 Å². The molecule has 1 atom stereocenters. The molecular formula is C36H63NO5. The second-order valence-electron chi connectivity index (χ2n) is 11.4. The number of nitrogens with one attached hydrogen (secondary N) is 1. The molecule has 0 spiro atoms. The summed E-state index contributed by atoms with van der Waals surface area (Å²) in [5.74, 6) is -1.30. The monoisotopic (exact) mass is 589 g/mol. The molecule has 0 aliphatic heterocycles. The number of rotatable bonds is 30. The van der Waals surface area contributed by atoms with Gasteiger partial charge in [-0.15, -0.1) is 0 Å². The standard InChI is InChI=1S/C36H63NO5/c1-3-5-7-9-11-13-15-17-23-27-31-36(41)42-33(28-24-20-16-14-12-10-8-6-4-2)29-25-21-18-19-22-26-30-34(38)37-32-35(39)40/h7,9,14,16,24,28,33H,3-6,8,10-13,15,17-23,25-27,29-32H2,1-2H3,(H,37,38)(H,39,40)/b9-7-,16-14-,28-24-. The Morgan fingerprint density at radius 3 is 1.88 bits per heavy atom. The minimum absolute atomic E-state index is 0.0835. The van der Waals surface area contributed by atoms with Crippen LogP contribution in [0.2, 0.25) is 0 Å². The van der Waals surface area contributed by atoms with Crippen molar-refractivity contribution in [2.45, 2.75) is 168 Å². The number of allylic oxidation sites excluding steroid dienone is 5. The highest BCUT2D eigenvalue weighted by Gasteiger charge is 2.11. The number of esters is 1. The van der Waals surface area contributed by atoms with Gasteiger partial charge in [-0.05, 0) is 70.3 Å². The zero-order valence-corrected chi connectivity index (χ0v) is 27.1. The van der Waals surface area contributed by atoms with Crippen molar-refractivity contribution < 1.29 is 24.2 Å². The van der Waals surface area contributed by atoms with E-state index in [1.54, 1.807) is 0 Å². The van der Waals surface area contributed by atoms with Crippen LogP contribution >= 0.6 is 0 Å². The molecule has 242 valence electrons. The minimum atomic E-state index is -1.02. The zero-order chi connectivity index (χ0) is 30.9. The third-order valence-electron chi connectivity index (χ3n) is 7.25. The van der Waals surface area contributed by atoms with E-state index in [-0.39, 0.29) is 24.5 Å². The number of carboxylic acids is 1. The summed E-state index contributed by atoms with van der Waals surface area (Å²) in [5.41, 5.74) is 0. The Bertz CT molecular complexity index is 743. The Hall–Kier alpha value is -2.37. The lowest BCUT2D eigenvalue weighted by atomic mass is 10.1. The van der Waals surface area contributed by atoms with Crippen LogP contribution < -0.4 is 5.32 Å². The van der Waals surface area contributed by atoms with Gasteiger partial charge in [0.15, 0.2) is 0 Å². The van der Waals surface area contributed by atoms with E-state index in [0.29, 0.717) is 12.8 Å². The molecule has 0 aromatic rings. The molecule has 1 unspecified atom stereocenters. The number of aliphatic carboxylic acids is 1. The molecule has 0 aliphatic rings. The molecule has 0 rings (SSSR count). The lowest BCUT2D eigenvalue weighted by Crippen LogP contribution is -2.28. The first kappa shape index (κ1) is 39.6. The number of carbonyl (C=O) groups is 3. The van der Waals surface area contributed by atoms with Crippen LogP contribution in [-0.4, -0.2) is 35.6 Å². The Morgan fingerprint density at radius 1 is 0.643 bits per heavy atom. The van der Waals surface area contributed by atoms with Crippen LogP contribution in [-0.2, 0) is 19.1 Å². The van der Waals surface area contributed by atoms with Gasteiger partial charge in [-0.1, -0.05) is 115 Å². The molecule has 2 N–H and O–H groups in total. The molecule has 6 nitrogen and oxygen atoms in total. The van der Waals surface area contributed by atoms with Gasteiger partial charge in [0.25, 0.3) is 0 Å². The van der Waals surface area contributed by atoms with Gasteiger partial charge in [0.1, 0.15) is 12.6 Å². The van der Waals surface area contributed by atoms with Crippen molar-refractivity contribution in [3.63, 3.8) is 0 Å². The van der Waals surface area contributed by atoms with E-state index in [0.717, 1.165) is 77.0 Å². The first-order valence-electron chi connectivity index (χ1n) is 17.1. The van der Waals surface area contributed by atoms with Crippen molar-refractivity contribution in [2.24, 2.45) is 0 Å². The molecule has 0 fully saturated rings. The number of hydrogen-bond acceptors (Lipinski definition) is 4. The lowest BCUT2D eigenvalue weighted by molar-refractivity contribution is -0.147. The Kier molecular flexibility index (Phi) is 29.8. The maximum Gasteiger partial charge on any atom is 0.322 e. The quantitative estimate of drug-likeness (QED) is 0.0494. The maximum absolute atomic E-state index is 12.6. The van der Waals surface area contributed by atoms with Crippen molar-refractivity contribution in [3.05, 3.63) is 36.5 Å². The first-order chi connectivity index (χ1) is 20.5. The van der Waals surface area contributed by atoms with Crippen molar-refractivity contribution in [1.82, 2.24) is 5.32 Å². The molecule has 0 radical (unpaired) electrons. The van der Waals surface area contributed by atoms with Gasteiger partial charge in [0.2, 0.25) is 5.91 Å². The minimum Gasteiger partial charge on any atom is -0.480 e. The van der Waals surface area contributed by atoms with Gasteiger partial charge >= 0.3 is 11.9 Å². The summed E-state index contributed by atoms with van der Waals surface area (Å²) in [5, 5.41) is 11.0. The van der Waals surface area contributed by atoms with E-state index in [4.69, 9.17) is 9.84 Å². The molecular weight excluding hydrogens is 526 g/mol. The van der Waals surface area contributed by atoms with Crippen LogP contribution in [0.25, 0.3) is 0 Å². The summed E-state index contributed by atoms with van der Waals surface area (Å²) < 4.78 is 5.87. The van der Waals surface area contributed by atoms with Crippen LogP contribution in [0.3, 0.4) is 0 Å². The fourth-order valence-electron chi connectivity index (χ4n) is 4.70. The van der Waals surface area contributed by atoms with Crippen LogP contribution in [0.5, 0.6) is 0 Å². The zero-order valence-electron chi connectivity index (χ0n) is 27.1. The maximum atomic E-state index is 12.6. The molecule has 0 aromatic carbocycles. The molecule has 0 saturated heterocycles. The Balaban J connectivity index is 4.28. The van der Waals surface area contributed by atoms with Crippen LogP contribution in [0.4, 0.5) is 0 Å². The van der Waals surface area contributed by atoms with Gasteiger partial charge in [-0.3, -0.25) is 14.4 Å². The summed E-state index contributed by atoms with van der Waals surface area (Å²) in [6, 6.07) is 0. The molecule has 0 heterocycles. The SMILES string of the molecule is CCC/C=C\CCCCCCCC(=O)OC(/C=C\C/C=C\CCCCCC)CCCCCCCCC(=O)NCC(=O)O. The van der Waals surface area contributed by atoms with E-state index in [1.165, 1.54) is 57.8 Å². The average molecular weight is 590 g/mol. The lowest BCUT2D eigenvalue weighted by Gasteiger charge is -2.14. The van der Waals surface area contributed by atoms with Crippen molar-refractivity contribution in [1.29, 1.82) is 0 Å². The molecule has 1 amide bonds. The molecule has 6 heteroatoms. The van der Waals surface area contributed by atoms with E-state index < -0.39 is 5.97 Å². The summed E-state index contributed by atoms with van der Waals surface area (Å²) in [7, 11) is 0. The van der Waals surface area contributed by atoms with E-state index >= 15 is 0 Å². The summed E-state index contributed by atoms with van der Waals surface area (Å²) >= 11 is 0. The number of carbonyl (C=O) groups excluding carboxylic acids is 2. The van der Waals surface area contributed by atoms with Gasteiger partial charge < -0.3 is 15.2 Å². The first-order valence-corrected chi connectivity index (χ1v) is 17.1. The molecule has 0 bridgehead atoms. The Morgan fingerprint density at radius 2 is 1.21 bits per heavy atom. The molecule has 0 aliphatic carbocycles. The van der Waals surface area contributed by atoms with Crippen molar-refractivity contribution in [3.8, 4) is 0 Å². The van der Waals surface area contributed by atoms with Crippen molar-refractivity contribution in [2.75, 3.05) is 6.54 Å². The number of amides is 1. The molecule has 0 saturated carbocycles. The second-order valence-corrected chi connectivity index (χ2v) is 11.4. The van der Waals surface area contributed by atoms with Crippen LogP contribution in [0, 0.1) is 0 Å². The van der Waals surface area contributed by atoms with Gasteiger partial charge in [0, 0.05) is 12.8 Å². The highest BCUT2D eigenvalue weighted by molar-refractivity contribution is 5.80. The van der Waals surface area contributed by atoms with Gasteiger partial charge in [0.05, 0.1) is 0 Å². The van der Waals surface area contributed by atoms with Gasteiger partial charge in [-0.25, -0.2) is 0 Å². The van der Waals surface area contributed by atoms with Crippen molar-refractivity contribution >= 4 is 17.8 Å². The smallest absolute Gasteiger partial charge is 0.322 e. The molecule has 42 heavy (non-hydrogen) atoms. The second kappa shape index (κ2) is 31.6.